The molecule has 0 aromatic heterocycles. The van der Waals surface area contributed by atoms with Gasteiger partial charge in [-0.3, -0.25) is 4.79 Å². The first kappa shape index (κ1) is 19.7. The third kappa shape index (κ3) is 8.14. The van der Waals surface area contributed by atoms with Gasteiger partial charge in [0, 0.05) is 17.6 Å². The molecule has 0 amide bonds. The largest absolute Gasteiger partial charge is 0.491 e. The van der Waals surface area contributed by atoms with E-state index < -0.39 is 6.10 Å². The van der Waals surface area contributed by atoms with Crippen LogP contribution < -0.4 is 10.1 Å². The molecule has 0 bridgehead atoms. The molecule has 0 aliphatic carbocycles. The molecule has 1 rings (SSSR count). The Morgan fingerprint density at radius 2 is 1.74 bits per heavy atom. The van der Waals surface area contributed by atoms with Gasteiger partial charge in [0.25, 0.3) is 0 Å². The van der Waals surface area contributed by atoms with Gasteiger partial charge in [0.2, 0.25) is 0 Å². The van der Waals surface area contributed by atoms with Crippen LogP contribution >= 0.6 is 0 Å². The van der Waals surface area contributed by atoms with Crippen molar-refractivity contribution in [1.82, 2.24) is 5.32 Å². The molecule has 0 aliphatic heterocycles. The predicted octanol–water partition coefficient (Wildman–Crippen LogP) is 3.43. The van der Waals surface area contributed by atoms with E-state index in [9.17, 15) is 9.90 Å². The Kier molecular flexibility index (Phi) is 6.78. The number of ketones is 1. The molecule has 130 valence electrons. The third-order valence-corrected chi connectivity index (χ3v) is 3.49. The van der Waals surface area contributed by atoms with Gasteiger partial charge in [-0.1, -0.05) is 20.8 Å². The lowest BCUT2D eigenvalue weighted by Crippen LogP contribution is -2.46. The lowest BCUT2D eigenvalue weighted by Gasteiger charge is -2.34. The van der Waals surface area contributed by atoms with Crippen molar-refractivity contribution in [2.45, 2.75) is 59.6 Å². The second-order valence-electron chi connectivity index (χ2n) is 8.05. The summed E-state index contributed by atoms with van der Waals surface area (Å²) < 4.78 is 5.57. The number of rotatable bonds is 8. The maximum atomic E-state index is 11.2. The molecule has 0 unspecified atom stereocenters. The van der Waals surface area contributed by atoms with Gasteiger partial charge in [0.1, 0.15) is 18.5 Å². The van der Waals surface area contributed by atoms with E-state index in [4.69, 9.17) is 4.74 Å². The molecular weight excluding hydrogens is 290 g/mol. The molecule has 1 aromatic carbocycles. The Morgan fingerprint density at radius 1 is 1.17 bits per heavy atom. The van der Waals surface area contributed by atoms with Crippen molar-refractivity contribution in [3.8, 4) is 5.75 Å². The number of hydrogen-bond donors (Lipinski definition) is 2. The Hall–Kier alpha value is -1.39. The van der Waals surface area contributed by atoms with Crippen molar-refractivity contribution in [3.63, 3.8) is 0 Å². The van der Waals surface area contributed by atoms with Gasteiger partial charge < -0.3 is 15.2 Å². The van der Waals surface area contributed by atoms with Crippen molar-refractivity contribution in [3.05, 3.63) is 29.8 Å². The highest BCUT2D eigenvalue weighted by Gasteiger charge is 2.25. The van der Waals surface area contributed by atoms with Crippen LogP contribution in [0.4, 0.5) is 0 Å². The highest BCUT2D eigenvalue weighted by molar-refractivity contribution is 5.94. The number of ether oxygens (including phenoxy) is 1. The minimum atomic E-state index is -0.582. The van der Waals surface area contributed by atoms with Crippen molar-refractivity contribution in [2.24, 2.45) is 5.41 Å². The number of Topliss-reactive ketones (excluding diaryl/α,β-unsaturated/α-hetero) is 1. The van der Waals surface area contributed by atoms with Crippen LogP contribution in [-0.2, 0) is 0 Å². The molecule has 0 saturated carbocycles. The Bertz CT molecular complexity index is 500. The summed E-state index contributed by atoms with van der Waals surface area (Å²) >= 11 is 0. The third-order valence-electron chi connectivity index (χ3n) is 3.49. The monoisotopic (exact) mass is 321 g/mol. The molecule has 23 heavy (non-hydrogen) atoms. The van der Waals surface area contributed by atoms with Gasteiger partial charge in [-0.25, -0.2) is 0 Å². The van der Waals surface area contributed by atoms with Crippen LogP contribution in [0.2, 0.25) is 0 Å². The number of carbonyl (C=O) groups excluding carboxylic acids is 1. The number of aliphatic hydroxyl groups is 1. The van der Waals surface area contributed by atoms with Gasteiger partial charge in [0.15, 0.2) is 5.78 Å². The van der Waals surface area contributed by atoms with E-state index in [0.29, 0.717) is 17.9 Å². The predicted molar refractivity (Wildman–Crippen MR) is 94.1 cm³/mol. The van der Waals surface area contributed by atoms with Crippen LogP contribution in [0, 0.1) is 5.41 Å². The molecule has 0 spiro atoms. The van der Waals surface area contributed by atoms with E-state index in [0.717, 1.165) is 6.42 Å². The van der Waals surface area contributed by atoms with E-state index in [1.165, 1.54) is 6.92 Å². The molecule has 1 atom stereocenters. The van der Waals surface area contributed by atoms with E-state index in [-0.39, 0.29) is 23.3 Å². The summed E-state index contributed by atoms with van der Waals surface area (Å²) in [5, 5.41) is 13.5. The molecule has 0 saturated heterocycles. The summed E-state index contributed by atoms with van der Waals surface area (Å²) in [6, 6.07) is 6.96. The number of β-amino-alcohol motifs (C(OH)–C–C–N with tert-alkyl or cyclic N) is 1. The SMILES string of the molecule is CC(=O)c1ccc(OC[C@@H](O)CNC(C)(C)CC(C)(C)C)cc1. The van der Waals surface area contributed by atoms with E-state index in [1.54, 1.807) is 24.3 Å². The molecule has 4 nitrogen and oxygen atoms in total. The average molecular weight is 321 g/mol. The van der Waals surface area contributed by atoms with Gasteiger partial charge in [0.05, 0.1) is 0 Å². The zero-order valence-corrected chi connectivity index (χ0v) is 15.3. The molecule has 0 fully saturated rings. The zero-order chi connectivity index (χ0) is 17.7. The van der Waals surface area contributed by atoms with E-state index >= 15 is 0 Å². The van der Waals surface area contributed by atoms with Crippen molar-refractivity contribution < 1.29 is 14.6 Å². The molecular formula is C19H31NO3. The second-order valence-corrected chi connectivity index (χ2v) is 8.05. The molecule has 0 radical (unpaired) electrons. The smallest absolute Gasteiger partial charge is 0.159 e. The Labute approximate surface area is 140 Å². The summed E-state index contributed by atoms with van der Waals surface area (Å²) in [4.78, 5) is 11.2. The van der Waals surface area contributed by atoms with Crippen LogP contribution in [0.3, 0.4) is 0 Å². The number of nitrogens with one attached hydrogen (secondary N) is 1. The summed E-state index contributed by atoms with van der Waals surface area (Å²) in [7, 11) is 0. The number of aliphatic hydroxyl groups excluding tert-OH is 1. The quantitative estimate of drug-likeness (QED) is 0.720. The van der Waals surface area contributed by atoms with Crippen molar-refractivity contribution in [2.75, 3.05) is 13.2 Å². The van der Waals surface area contributed by atoms with Crippen LogP contribution in [0.25, 0.3) is 0 Å². The van der Waals surface area contributed by atoms with Crippen LogP contribution in [0.15, 0.2) is 24.3 Å². The average Bonchev–Trinajstić information content (AvgIpc) is 2.41. The normalized spacial score (nSPS) is 13.7. The second kappa shape index (κ2) is 7.93. The van der Waals surface area contributed by atoms with Gasteiger partial charge in [-0.15, -0.1) is 0 Å². The zero-order valence-electron chi connectivity index (χ0n) is 15.3. The standard InChI is InChI=1S/C19H31NO3/c1-14(21)15-7-9-17(10-8-15)23-12-16(22)11-20-19(5,6)13-18(2,3)4/h7-10,16,20,22H,11-13H2,1-6H3/t16-/m0/s1. The topological polar surface area (TPSA) is 58.6 Å². The van der Waals surface area contributed by atoms with Gasteiger partial charge in [-0.2, -0.15) is 0 Å². The van der Waals surface area contributed by atoms with Crippen LogP contribution in [0.1, 0.15) is 58.3 Å². The lowest BCUT2D eigenvalue weighted by molar-refractivity contribution is 0.0943. The van der Waals surface area contributed by atoms with Gasteiger partial charge >= 0.3 is 0 Å². The maximum absolute atomic E-state index is 11.2. The summed E-state index contributed by atoms with van der Waals surface area (Å²) in [6.07, 6.45) is 0.432. The minimum absolute atomic E-state index is 0.0295. The fraction of sp³-hybridized carbons (Fsp3) is 0.632. The molecule has 0 aliphatic rings. The summed E-state index contributed by atoms with van der Waals surface area (Å²) in [5.41, 5.74) is 0.849. The Balaban J connectivity index is 2.39. The minimum Gasteiger partial charge on any atom is -0.491 e. The first-order valence-corrected chi connectivity index (χ1v) is 8.15. The fourth-order valence-electron chi connectivity index (χ4n) is 2.82. The summed E-state index contributed by atoms with van der Waals surface area (Å²) in [6.45, 7) is 13.2. The molecule has 2 N–H and O–H groups in total. The molecule has 1 aromatic rings. The van der Waals surface area contributed by atoms with Crippen molar-refractivity contribution in [1.29, 1.82) is 0 Å². The fourth-order valence-corrected chi connectivity index (χ4v) is 2.82. The summed E-state index contributed by atoms with van der Waals surface area (Å²) in [5.74, 6) is 0.685. The van der Waals surface area contributed by atoms with E-state index in [2.05, 4.69) is 39.9 Å². The number of benzene rings is 1. The molecule has 0 heterocycles. The van der Waals surface area contributed by atoms with E-state index in [1.807, 2.05) is 0 Å². The highest BCUT2D eigenvalue weighted by atomic mass is 16.5. The highest BCUT2D eigenvalue weighted by Crippen LogP contribution is 2.26. The Morgan fingerprint density at radius 3 is 2.22 bits per heavy atom. The lowest BCUT2D eigenvalue weighted by atomic mass is 9.82. The van der Waals surface area contributed by atoms with Gasteiger partial charge in [-0.05, 0) is 56.9 Å². The number of carbonyl (C=O) groups is 1. The van der Waals surface area contributed by atoms with Crippen LogP contribution in [0.5, 0.6) is 5.75 Å². The molecule has 4 heteroatoms. The number of hydrogen-bond acceptors (Lipinski definition) is 4. The maximum Gasteiger partial charge on any atom is 0.159 e. The first-order valence-electron chi connectivity index (χ1n) is 8.15. The van der Waals surface area contributed by atoms with Crippen LogP contribution in [-0.4, -0.2) is 35.7 Å². The first-order chi connectivity index (χ1) is 10.5. The van der Waals surface area contributed by atoms with Crippen molar-refractivity contribution >= 4 is 5.78 Å².